The monoisotopic (exact) mass is 276 g/mol. The smallest absolute Gasteiger partial charge is 0.408 e. The topological polar surface area (TPSA) is 71.3 Å². The number of nitriles is 1. The Morgan fingerprint density at radius 3 is 2.40 bits per heavy atom. The fourth-order valence-corrected chi connectivity index (χ4v) is 2.06. The van der Waals surface area contributed by atoms with E-state index in [-0.39, 0.29) is 6.61 Å². The molecule has 0 aliphatic carbocycles. The number of hydrogen-bond donors (Lipinski definition) is 1. The number of hydrogen-bond acceptors (Lipinski definition) is 4. The minimum Gasteiger partial charge on any atom is -0.490 e. The summed E-state index contributed by atoms with van der Waals surface area (Å²) in [5.41, 5.74) is 0.846. The lowest BCUT2D eigenvalue weighted by Gasteiger charge is -2.17. The zero-order valence-corrected chi connectivity index (χ0v) is 12.3. The van der Waals surface area contributed by atoms with Crippen LogP contribution in [0.3, 0.4) is 0 Å². The van der Waals surface area contributed by atoms with Gasteiger partial charge in [-0.25, -0.2) is 4.79 Å². The first-order valence-electron chi connectivity index (χ1n) is 6.86. The summed E-state index contributed by atoms with van der Waals surface area (Å²) in [7, 11) is 0. The molecule has 0 radical (unpaired) electrons. The van der Waals surface area contributed by atoms with Crippen molar-refractivity contribution in [2.75, 3.05) is 13.2 Å². The molecule has 0 aromatic heterocycles. The summed E-state index contributed by atoms with van der Waals surface area (Å²) in [6.45, 7) is 8.62. The average molecular weight is 276 g/mol. The summed E-state index contributed by atoms with van der Waals surface area (Å²) in [4.78, 5) is 11.1. The van der Waals surface area contributed by atoms with E-state index in [0.29, 0.717) is 17.9 Å². The van der Waals surface area contributed by atoms with Crippen molar-refractivity contribution >= 4 is 6.09 Å². The largest absolute Gasteiger partial charge is 0.490 e. The van der Waals surface area contributed by atoms with Crippen LogP contribution in [-0.2, 0) is 10.3 Å². The van der Waals surface area contributed by atoms with E-state index >= 15 is 0 Å². The van der Waals surface area contributed by atoms with Gasteiger partial charge in [0.15, 0.2) is 0 Å². The molecule has 2 aliphatic heterocycles. The van der Waals surface area contributed by atoms with E-state index in [2.05, 4.69) is 5.32 Å². The van der Waals surface area contributed by atoms with Crippen molar-refractivity contribution in [1.82, 2.24) is 5.32 Å². The molecule has 1 saturated heterocycles. The summed E-state index contributed by atoms with van der Waals surface area (Å²) in [6.07, 6.45) is -0.430. The molecule has 3 rings (SSSR count). The number of rotatable bonds is 0. The van der Waals surface area contributed by atoms with Crippen LogP contribution in [-0.4, -0.2) is 19.3 Å². The molecule has 1 spiro atoms. The summed E-state index contributed by atoms with van der Waals surface area (Å²) in [6, 6.07) is 7.23. The standard InChI is InChI=1S/C11H8N2O3.2C2H6/c12-4-7-1-2-8-9(3-7)15-5-11(8)6-16-10(14)13-11;2*1-2/h1-3H,5-6H2,(H,13,14);2*1-2H3. The van der Waals surface area contributed by atoms with Crippen LogP contribution < -0.4 is 10.1 Å². The van der Waals surface area contributed by atoms with Crippen molar-refractivity contribution in [2.24, 2.45) is 0 Å². The number of carbonyl (C=O) groups excluding carboxylic acids is 1. The minimum atomic E-state index is -0.569. The van der Waals surface area contributed by atoms with Crippen LogP contribution in [0.4, 0.5) is 4.79 Å². The van der Waals surface area contributed by atoms with Crippen molar-refractivity contribution in [3.05, 3.63) is 29.3 Å². The number of benzene rings is 1. The maximum atomic E-state index is 11.1. The third-order valence-electron chi connectivity index (χ3n) is 2.89. The third kappa shape index (κ3) is 2.69. The molecule has 0 saturated carbocycles. The minimum absolute atomic E-state index is 0.269. The lowest BCUT2D eigenvalue weighted by atomic mass is 9.93. The second-order valence-corrected chi connectivity index (χ2v) is 3.89. The molecule has 1 fully saturated rings. The van der Waals surface area contributed by atoms with E-state index < -0.39 is 11.6 Å². The second kappa shape index (κ2) is 6.80. The summed E-state index contributed by atoms with van der Waals surface area (Å²) in [5, 5.41) is 11.5. The highest BCUT2D eigenvalue weighted by molar-refractivity contribution is 5.72. The lowest BCUT2D eigenvalue weighted by molar-refractivity contribution is 0.167. The van der Waals surface area contributed by atoms with E-state index in [1.165, 1.54) is 0 Å². The molecule has 1 amide bonds. The molecule has 1 aromatic rings. The van der Waals surface area contributed by atoms with Crippen molar-refractivity contribution in [3.8, 4) is 11.8 Å². The van der Waals surface area contributed by atoms with Gasteiger partial charge in [0.1, 0.15) is 24.5 Å². The molecule has 2 aliphatic rings. The van der Waals surface area contributed by atoms with Gasteiger partial charge in [-0.2, -0.15) is 5.26 Å². The first-order chi connectivity index (χ1) is 9.73. The first-order valence-corrected chi connectivity index (χ1v) is 6.86. The van der Waals surface area contributed by atoms with Gasteiger partial charge in [0.25, 0.3) is 0 Å². The highest BCUT2D eigenvalue weighted by atomic mass is 16.6. The Balaban J connectivity index is 0.000000461. The van der Waals surface area contributed by atoms with Crippen LogP contribution in [0.5, 0.6) is 5.75 Å². The number of ether oxygens (including phenoxy) is 2. The Bertz CT molecular complexity index is 522. The highest BCUT2D eigenvalue weighted by Crippen LogP contribution is 2.39. The summed E-state index contributed by atoms with van der Waals surface area (Å²) < 4.78 is 10.4. The van der Waals surface area contributed by atoms with Crippen molar-refractivity contribution in [3.63, 3.8) is 0 Å². The normalized spacial score (nSPS) is 21.1. The fourth-order valence-electron chi connectivity index (χ4n) is 2.06. The average Bonchev–Trinajstić information content (AvgIpc) is 3.07. The van der Waals surface area contributed by atoms with Crippen LogP contribution in [0.1, 0.15) is 38.8 Å². The fraction of sp³-hybridized carbons (Fsp3) is 0.467. The number of nitrogens with one attached hydrogen (secondary N) is 1. The Morgan fingerprint density at radius 1 is 1.20 bits per heavy atom. The number of alkyl carbamates (subject to hydrolysis) is 1. The zero-order valence-electron chi connectivity index (χ0n) is 12.3. The van der Waals surface area contributed by atoms with Gasteiger partial charge in [-0.15, -0.1) is 0 Å². The Morgan fingerprint density at radius 2 is 1.85 bits per heavy atom. The number of cyclic esters (lactones) is 1. The molecule has 108 valence electrons. The van der Waals surface area contributed by atoms with Crippen molar-refractivity contribution in [2.45, 2.75) is 33.2 Å². The highest BCUT2D eigenvalue weighted by Gasteiger charge is 2.47. The second-order valence-electron chi connectivity index (χ2n) is 3.89. The molecule has 1 atom stereocenters. The molecule has 5 nitrogen and oxygen atoms in total. The van der Waals surface area contributed by atoms with Crippen LogP contribution in [0, 0.1) is 11.3 Å². The van der Waals surface area contributed by atoms with Gasteiger partial charge >= 0.3 is 6.09 Å². The van der Waals surface area contributed by atoms with Gasteiger partial charge < -0.3 is 14.8 Å². The maximum absolute atomic E-state index is 11.1. The lowest BCUT2D eigenvalue weighted by Crippen LogP contribution is -2.41. The van der Waals surface area contributed by atoms with E-state index in [1.54, 1.807) is 18.2 Å². The maximum Gasteiger partial charge on any atom is 0.408 e. The molecule has 0 bridgehead atoms. The Kier molecular flexibility index (Phi) is 5.39. The van der Waals surface area contributed by atoms with Gasteiger partial charge in [0.05, 0.1) is 11.6 Å². The number of amides is 1. The molecular formula is C15H20N2O3. The summed E-state index contributed by atoms with van der Waals surface area (Å²) in [5.74, 6) is 0.643. The van der Waals surface area contributed by atoms with E-state index in [9.17, 15) is 4.79 Å². The molecule has 2 heterocycles. The van der Waals surface area contributed by atoms with Crippen LogP contribution in [0.25, 0.3) is 0 Å². The van der Waals surface area contributed by atoms with E-state index in [1.807, 2.05) is 33.8 Å². The molecular weight excluding hydrogens is 256 g/mol. The van der Waals surface area contributed by atoms with Gasteiger partial charge in [0, 0.05) is 5.56 Å². The zero-order chi connectivity index (χ0) is 15.2. The molecule has 1 unspecified atom stereocenters. The Labute approximate surface area is 119 Å². The molecule has 20 heavy (non-hydrogen) atoms. The Hall–Kier alpha value is -2.22. The van der Waals surface area contributed by atoms with E-state index in [4.69, 9.17) is 14.7 Å². The van der Waals surface area contributed by atoms with Crippen LogP contribution in [0.15, 0.2) is 18.2 Å². The molecule has 1 aromatic carbocycles. The number of fused-ring (bicyclic) bond motifs is 2. The predicted octanol–water partition coefficient (Wildman–Crippen LogP) is 2.94. The van der Waals surface area contributed by atoms with Crippen LogP contribution in [0.2, 0.25) is 0 Å². The van der Waals surface area contributed by atoms with Gasteiger partial charge in [-0.3, -0.25) is 0 Å². The number of carbonyl (C=O) groups is 1. The van der Waals surface area contributed by atoms with Gasteiger partial charge in [0.2, 0.25) is 0 Å². The number of nitrogens with zero attached hydrogens (tertiary/aromatic N) is 1. The first kappa shape index (κ1) is 15.8. The molecule has 5 heteroatoms. The van der Waals surface area contributed by atoms with Crippen LogP contribution >= 0.6 is 0 Å². The van der Waals surface area contributed by atoms with Gasteiger partial charge in [-0.1, -0.05) is 33.8 Å². The van der Waals surface area contributed by atoms with Gasteiger partial charge in [-0.05, 0) is 12.1 Å². The van der Waals surface area contributed by atoms with E-state index in [0.717, 1.165) is 5.56 Å². The van der Waals surface area contributed by atoms with Crippen molar-refractivity contribution < 1.29 is 14.3 Å². The molecule has 1 N–H and O–H groups in total. The van der Waals surface area contributed by atoms with Crippen molar-refractivity contribution in [1.29, 1.82) is 5.26 Å². The quantitative estimate of drug-likeness (QED) is 0.790. The third-order valence-corrected chi connectivity index (χ3v) is 2.89. The summed E-state index contributed by atoms with van der Waals surface area (Å²) >= 11 is 0. The SMILES string of the molecule is CC.CC.N#Cc1ccc2c(c1)OCC21COC(=O)N1. The predicted molar refractivity (Wildman–Crippen MR) is 75.5 cm³/mol.